The molecule has 0 radical (unpaired) electrons. The quantitative estimate of drug-likeness (QED) is 0.910. The van der Waals surface area contributed by atoms with Crippen LogP contribution in [0.2, 0.25) is 0 Å². The zero-order valence-corrected chi connectivity index (χ0v) is 12.4. The van der Waals surface area contributed by atoms with Crippen LogP contribution in [0.15, 0.2) is 34.9 Å². The topological polar surface area (TPSA) is 68.2 Å². The van der Waals surface area contributed by atoms with Gasteiger partial charge in [-0.15, -0.1) is 0 Å². The molecule has 2 N–H and O–H groups in total. The van der Waals surface area contributed by atoms with E-state index in [0.29, 0.717) is 12.5 Å². The molecule has 1 aromatic carbocycles. The fourth-order valence-electron chi connectivity index (χ4n) is 2.97. The molecule has 21 heavy (non-hydrogen) atoms. The first kappa shape index (κ1) is 14.2. The van der Waals surface area contributed by atoms with Crippen LogP contribution < -0.4 is 5.73 Å². The third-order valence-corrected chi connectivity index (χ3v) is 4.01. The SMILES string of the molecule is CCCc1nc(CN2C[C@@H](N)[C@H](c3ccccc3)C2)no1. The van der Waals surface area contributed by atoms with Crippen LogP contribution in [0.4, 0.5) is 0 Å². The summed E-state index contributed by atoms with van der Waals surface area (Å²) in [6.45, 7) is 4.64. The van der Waals surface area contributed by atoms with Crippen molar-refractivity contribution in [2.75, 3.05) is 13.1 Å². The molecule has 2 aromatic rings. The maximum Gasteiger partial charge on any atom is 0.226 e. The summed E-state index contributed by atoms with van der Waals surface area (Å²) in [6.07, 6.45) is 1.87. The lowest BCUT2D eigenvalue weighted by Gasteiger charge is -2.14. The van der Waals surface area contributed by atoms with Gasteiger partial charge in [-0.25, -0.2) is 0 Å². The predicted molar refractivity (Wildman–Crippen MR) is 80.7 cm³/mol. The summed E-state index contributed by atoms with van der Waals surface area (Å²) < 4.78 is 5.23. The molecule has 5 nitrogen and oxygen atoms in total. The van der Waals surface area contributed by atoms with Gasteiger partial charge in [-0.05, 0) is 12.0 Å². The van der Waals surface area contributed by atoms with E-state index in [2.05, 4.69) is 46.2 Å². The summed E-state index contributed by atoms with van der Waals surface area (Å²) in [7, 11) is 0. The van der Waals surface area contributed by atoms with E-state index in [1.165, 1.54) is 5.56 Å². The van der Waals surface area contributed by atoms with Crippen LogP contribution in [0.3, 0.4) is 0 Å². The van der Waals surface area contributed by atoms with Gasteiger partial charge in [0.05, 0.1) is 6.54 Å². The van der Waals surface area contributed by atoms with Gasteiger partial charge < -0.3 is 10.3 Å². The minimum Gasteiger partial charge on any atom is -0.339 e. The minimum atomic E-state index is 0.161. The van der Waals surface area contributed by atoms with Crippen molar-refractivity contribution in [3.63, 3.8) is 0 Å². The molecule has 1 aliphatic heterocycles. The summed E-state index contributed by atoms with van der Waals surface area (Å²) >= 11 is 0. The number of nitrogens with zero attached hydrogens (tertiary/aromatic N) is 3. The first-order valence-corrected chi connectivity index (χ1v) is 7.60. The van der Waals surface area contributed by atoms with Crippen LogP contribution in [-0.4, -0.2) is 34.2 Å². The second kappa shape index (κ2) is 6.37. The fourth-order valence-corrected chi connectivity index (χ4v) is 2.97. The molecular formula is C16H22N4O. The average molecular weight is 286 g/mol. The van der Waals surface area contributed by atoms with Gasteiger partial charge in [-0.3, -0.25) is 4.90 Å². The molecule has 1 saturated heterocycles. The van der Waals surface area contributed by atoms with Crippen molar-refractivity contribution >= 4 is 0 Å². The normalized spacial score (nSPS) is 22.8. The molecule has 112 valence electrons. The van der Waals surface area contributed by atoms with Crippen LogP contribution in [0, 0.1) is 0 Å². The van der Waals surface area contributed by atoms with Crippen molar-refractivity contribution in [1.82, 2.24) is 15.0 Å². The highest BCUT2D eigenvalue weighted by molar-refractivity contribution is 5.23. The Balaban J connectivity index is 1.63. The largest absolute Gasteiger partial charge is 0.339 e. The van der Waals surface area contributed by atoms with Crippen molar-refractivity contribution in [1.29, 1.82) is 0 Å². The van der Waals surface area contributed by atoms with E-state index in [-0.39, 0.29) is 6.04 Å². The number of aromatic nitrogens is 2. The molecule has 0 spiro atoms. The van der Waals surface area contributed by atoms with E-state index in [0.717, 1.165) is 37.6 Å². The number of hydrogen-bond acceptors (Lipinski definition) is 5. The number of aryl methyl sites for hydroxylation is 1. The second-order valence-electron chi connectivity index (χ2n) is 5.73. The standard InChI is InChI=1S/C16H22N4O/c1-2-6-16-18-15(19-21-16)11-20-9-13(14(17)10-20)12-7-4-3-5-8-12/h3-5,7-8,13-14H,2,6,9-11,17H2,1H3/t13-,14+/m0/s1. The molecule has 1 aromatic heterocycles. The van der Waals surface area contributed by atoms with Crippen molar-refractivity contribution < 1.29 is 4.52 Å². The second-order valence-corrected chi connectivity index (χ2v) is 5.73. The van der Waals surface area contributed by atoms with E-state index in [4.69, 9.17) is 10.3 Å². The first-order valence-electron chi connectivity index (χ1n) is 7.60. The average Bonchev–Trinajstić information content (AvgIpc) is 3.07. The number of benzene rings is 1. The Morgan fingerprint density at radius 2 is 2.10 bits per heavy atom. The van der Waals surface area contributed by atoms with Gasteiger partial charge in [0.25, 0.3) is 0 Å². The molecule has 3 rings (SSSR count). The zero-order valence-electron chi connectivity index (χ0n) is 12.4. The summed E-state index contributed by atoms with van der Waals surface area (Å²) in [6, 6.07) is 10.6. The van der Waals surface area contributed by atoms with Gasteiger partial charge in [-0.1, -0.05) is 42.4 Å². The number of hydrogen-bond donors (Lipinski definition) is 1. The lowest BCUT2D eigenvalue weighted by molar-refractivity contribution is 0.303. The van der Waals surface area contributed by atoms with Gasteiger partial charge >= 0.3 is 0 Å². The summed E-state index contributed by atoms with van der Waals surface area (Å²) in [5.41, 5.74) is 7.61. The van der Waals surface area contributed by atoms with Crippen LogP contribution >= 0.6 is 0 Å². The van der Waals surface area contributed by atoms with Crippen LogP contribution in [0.5, 0.6) is 0 Å². The monoisotopic (exact) mass is 286 g/mol. The Morgan fingerprint density at radius 3 is 2.86 bits per heavy atom. The Labute approximate surface area is 125 Å². The predicted octanol–water partition coefficient (Wildman–Crippen LogP) is 1.95. The lowest BCUT2D eigenvalue weighted by atomic mass is 9.95. The highest BCUT2D eigenvalue weighted by Gasteiger charge is 2.31. The van der Waals surface area contributed by atoms with Gasteiger partial charge in [-0.2, -0.15) is 4.98 Å². The van der Waals surface area contributed by atoms with Gasteiger partial charge in [0.2, 0.25) is 5.89 Å². The minimum absolute atomic E-state index is 0.161. The Morgan fingerprint density at radius 1 is 1.29 bits per heavy atom. The molecular weight excluding hydrogens is 264 g/mol. The number of nitrogens with two attached hydrogens (primary N) is 1. The van der Waals surface area contributed by atoms with Gasteiger partial charge in [0.1, 0.15) is 0 Å². The smallest absolute Gasteiger partial charge is 0.226 e. The molecule has 2 atom stereocenters. The molecule has 0 saturated carbocycles. The molecule has 0 unspecified atom stereocenters. The van der Waals surface area contributed by atoms with E-state index in [1.807, 2.05) is 6.07 Å². The molecule has 0 aliphatic carbocycles. The van der Waals surface area contributed by atoms with Crippen molar-refractivity contribution in [2.45, 2.75) is 38.3 Å². The maximum atomic E-state index is 6.30. The Kier molecular flexibility index (Phi) is 4.31. The molecule has 2 heterocycles. The van der Waals surface area contributed by atoms with E-state index >= 15 is 0 Å². The van der Waals surface area contributed by atoms with Crippen molar-refractivity contribution in [2.24, 2.45) is 5.73 Å². The van der Waals surface area contributed by atoms with Crippen molar-refractivity contribution in [3.05, 3.63) is 47.6 Å². The van der Waals surface area contributed by atoms with Crippen molar-refractivity contribution in [3.8, 4) is 0 Å². The number of likely N-dealkylation sites (tertiary alicyclic amines) is 1. The molecule has 0 amide bonds. The van der Waals surface area contributed by atoms with Gasteiger partial charge in [0, 0.05) is 31.5 Å². The first-order chi connectivity index (χ1) is 10.3. The highest BCUT2D eigenvalue weighted by Crippen LogP contribution is 2.27. The summed E-state index contributed by atoms with van der Waals surface area (Å²) in [4.78, 5) is 6.73. The van der Waals surface area contributed by atoms with Gasteiger partial charge in [0.15, 0.2) is 5.82 Å². The van der Waals surface area contributed by atoms with Crippen LogP contribution in [0.1, 0.15) is 36.5 Å². The fraction of sp³-hybridized carbons (Fsp3) is 0.500. The maximum absolute atomic E-state index is 6.30. The third-order valence-electron chi connectivity index (χ3n) is 4.01. The zero-order chi connectivity index (χ0) is 14.7. The summed E-state index contributed by atoms with van der Waals surface area (Å²) in [5, 5.41) is 4.05. The highest BCUT2D eigenvalue weighted by atomic mass is 16.5. The van der Waals surface area contributed by atoms with E-state index in [1.54, 1.807) is 0 Å². The molecule has 1 fully saturated rings. The Bertz CT molecular complexity index is 569. The summed E-state index contributed by atoms with van der Waals surface area (Å²) in [5.74, 6) is 1.88. The Hall–Kier alpha value is -1.72. The lowest BCUT2D eigenvalue weighted by Crippen LogP contribution is -2.28. The van der Waals surface area contributed by atoms with Crippen LogP contribution in [0.25, 0.3) is 0 Å². The molecule has 5 heteroatoms. The van der Waals surface area contributed by atoms with E-state index < -0.39 is 0 Å². The number of rotatable bonds is 5. The molecule has 1 aliphatic rings. The third kappa shape index (κ3) is 3.31. The van der Waals surface area contributed by atoms with Crippen LogP contribution in [-0.2, 0) is 13.0 Å². The van der Waals surface area contributed by atoms with E-state index in [9.17, 15) is 0 Å². The molecule has 0 bridgehead atoms.